The smallest absolute Gasteiger partial charge is 0.238 e. The maximum absolute atomic E-state index is 12.1. The van der Waals surface area contributed by atoms with Gasteiger partial charge in [-0.15, -0.1) is 11.3 Å². The molecule has 3 heterocycles. The van der Waals surface area contributed by atoms with Gasteiger partial charge in [0.1, 0.15) is 0 Å². The summed E-state index contributed by atoms with van der Waals surface area (Å²) < 4.78 is 0. The number of nitrogens with one attached hydrogen (secondary N) is 2. The van der Waals surface area contributed by atoms with Crippen LogP contribution in [0.25, 0.3) is 0 Å². The molecule has 120 valence electrons. The summed E-state index contributed by atoms with van der Waals surface area (Å²) in [6.45, 7) is 3.24. The number of thiazole rings is 1. The van der Waals surface area contributed by atoms with E-state index in [1.807, 2.05) is 6.07 Å². The van der Waals surface area contributed by atoms with Gasteiger partial charge in [-0.3, -0.25) is 19.5 Å². The highest BCUT2D eigenvalue weighted by Gasteiger charge is 2.22. The lowest BCUT2D eigenvalue weighted by atomic mass is 10.2. The topological polar surface area (TPSA) is 87.2 Å². The first-order valence-corrected chi connectivity index (χ1v) is 8.10. The van der Waals surface area contributed by atoms with Gasteiger partial charge in [0.2, 0.25) is 11.8 Å². The van der Waals surface area contributed by atoms with Crippen molar-refractivity contribution in [3.05, 3.63) is 35.1 Å². The number of anilines is 2. The summed E-state index contributed by atoms with van der Waals surface area (Å²) in [7, 11) is 0. The van der Waals surface area contributed by atoms with Crippen LogP contribution in [0.5, 0.6) is 0 Å². The van der Waals surface area contributed by atoms with Crippen LogP contribution < -0.4 is 10.6 Å². The SMILES string of the molecule is CC(=O)Nc1nc2c(s1)CN(CC(=O)Nc1cccnc1)CC2. The summed E-state index contributed by atoms with van der Waals surface area (Å²) in [6.07, 6.45) is 4.07. The van der Waals surface area contributed by atoms with Gasteiger partial charge in [-0.05, 0) is 12.1 Å². The van der Waals surface area contributed by atoms with E-state index < -0.39 is 0 Å². The van der Waals surface area contributed by atoms with E-state index in [1.165, 1.54) is 18.3 Å². The van der Waals surface area contributed by atoms with Crippen molar-refractivity contribution in [1.82, 2.24) is 14.9 Å². The molecule has 0 unspecified atom stereocenters. The molecule has 1 aliphatic rings. The normalized spacial score (nSPS) is 14.1. The lowest BCUT2D eigenvalue weighted by Gasteiger charge is -2.25. The van der Waals surface area contributed by atoms with Gasteiger partial charge in [-0.25, -0.2) is 4.98 Å². The average Bonchev–Trinajstić information content (AvgIpc) is 2.88. The number of pyridine rings is 1. The Morgan fingerprint density at radius 2 is 2.26 bits per heavy atom. The molecule has 0 aromatic carbocycles. The highest BCUT2D eigenvalue weighted by atomic mass is 32.1. The van der Waals surface area contributed by atoms with Crippen molar-refractivity contribution >= 4 is 34.0 Å². The van der Waals surface area contributed by atoms with Gasteiger partial charge >= 0.3 is 0 Å². The van der Waals surface area contributed by atoms with Crippen LogP contribution in [-0.2, 0) is 22.6 Å². The van der Waals surface area contributed by atoms with Gasteiger partial charge in [0.25, 0.3) is 0 Å². The molecular formula is C15H17N5O2S. The van der Waals surface area contributed by atoms with Crippen LogP contribution in [-0.4, -0.2) is 39.8 Å². The maximum atomic E-state index is 12.1. The van der Waals surface area contributed by atoms with Crippen LogP contribution in [0.2, 0.25) is 0 Å². The predicted octanol–water partition coefficient (Wildman–Crippen LogP) is 1.49. The second kappa shape index (κ2) is 6.84. The first-order valence-electron chi connectivity index (χ1n) is 7.28. The fourth-order valence-electron chi connectivity index (χ4n) is 2.43. The summed E-state index contributed by atoms with van der Waals surface area (Å²) in [4.78, 5) is 34.8. The highest BCUT2D eigenvalue weighted by Crippen LogP contribution is 2.28. The number of aromatic nitrogens is 2. The van der Waals surface area contributed by atoms with E-state index >= 15 is 0 Å². The van der Waals surface area contributed by atoms with Crippen LogP contribution in [0.3, 0.4) is 0 Å². The van der Waals surface area contributed by atoms with Gasteiger partial charge in [0, 0.05) is 37.5 Å². The Morgan fingerprint density at radius 1 is 1.39 bits per heavy atom. The molecule has 0 spiro atoms. The molecule has 7 nitrogen and oxygen atoms in total. The summed E-state index contributed by atoms with van der Waals surface area (Å²) in [5.74, 6) is -0.183. The standard InChI is InChI=1S/C15H17N5O2S/c1-10(21)17-15-19-12-4-6-20(8-13(12)23-15)9-14(22)18-11-3-2-5-16-7-11/h2-3,5,7H,4,6,8-9H2,1H3,(H,18,22)(H,17,19,21). The third-order valence-corrected chi connectivity index (χ3v) is 4.40. The number of fused-ring (bicyclic) bond motifs is 1. The maximum Gasteiger partial charge on any atom is 0.238 e. The van der Waals surface area contributed by atoms with Crippen molar-refractivity contribution in [3.8, 4) is 0 Å². The Hall–Kier alpha value is -2.32. The van der Waals surface area contributed by atoms with Crippen LogP contribution in [0.1, 0.15) is 17.5 Å². The molecule has 0 atom stereocenters. The molecule has 2 N–H and O–H groups in total. The summed E-state index contributed by atoms with van der Waals surface area (Å²) in [5, 5.41) is 6.18. The molecule has 3 rings (SSSR count). The van der Waals surface area contributed by atoms with Crippen LogP contribution >= 0.6 is 11.3 Å². The number of carbonyl (C=O) groups is 2. The molecule has 0 saturated carbocycles. The molecule has 2 aromatic heterocycles. The highest BCUT2D eigenvalue weighted by molar-refractivity contribution is 7.15. The van der Waals surface area contributed by atoms with Gasteiger partial charge < -0.3 is 10.6 Å². The number of nitrogens with zero attached hydrogens (tertiary/aromatic N) is 3. The van der Waals surface area contributed by atoms with E-state index in [0.29, 0.717) is 23.9 Å². The molecular weight excluding hydrogens is 314 g/mol. The Bertz CT molecular complexity index is 716. The molecule has 1 aliphatic heterocycles. The van der Waals surface area contributed by atoms with Gasteiger partial charge in [-0.2, -0.15) is 0 Å². The van der Waals surface area contributed by atoms with Crippen LogP contribution in [0.4, 0.5) is 10.8 Å². The number of rotatable bonds is 4. The second-order valence-corrected chi connectivity index (χ2v) is 6.40. The number of hydrogen-bond donors (Lipinski definition) is 2. The minimum absolute atomic E-state index is 0.0620. The van der Waals surface area contributed by atoms with E-state index in [9.17, 15) is 9.59 Å². The van der Waals surface area contributed by atoms with E-state index in [0.717, 1.165) is 23.5 Å². The van der Waals surface area contributed by atoms with Crippen molar-refractivity contribution in [2.24, 2.45) is 0 Å². The van der Waals surface area contributed by atoms with E-state index in [1.54, 1.807) is 18.5 Å². The quantitative estimate of drug-likeness (QED) is 0.886. The average molecular weight is 331 g/mol. The summed E-state index contributed by atoms with van der Waals surface area (Å²) in [6, 6.07) is 3.59. The first kappa shape index (κ1) is 15.6. The van der Waals surface area contributed by atoms with E-state index in [-0.39, 0.29) is 11.8 Å². The molecule has 8 heteroatoms. The molecule has 23 heavy (non-hydrogen) atoms. The Labute approximate surface area is 137 Å². The molecule has 0 saturated heterocycles. The van der Waals surface area contributed by atoms with Gasteiger partial charge in [0.05, 0.1) is 24.1 Å². The predicted molar refractivity (Wildman–Crippen MR) is 88.3 cm³/mol. The summed E-state index contributed by atoms with van der Waals surface area (Å²) >= 11 is 1.47. The van der Waals surface area contributed by atoms with Crippen LogP contribution in [0.15, 0.2) is 24.5 Å². The minimum atomic E-state index is -0.121. The minimum Gasteiger partial charge on any atom is -0.324 e. The van der Waals surface area contributed by atoms with Crippen molar-refractivity contribution in [3.63, 3.8) is 0 Å². The Kier molecular flexibility index (Phi) is 4.63. The molecule has 2 aromatic rings. The first-order chi connectivity index (χ1) is 11.1. The van der Waals surface area contributed by atoms with E-state index in [4.69, 9.17) is 0 Å². The molecule has 0 radical (unpaired) electrons. The fourth-order valence-corrected chi connectivity index (χ4v) is 3.52. The third kappa shape index (κ3) is 4.11. The molecule has 2 amide bonds. The van der Waals surface area contributed by atoms with Crippen molar-refractivity contribution in [1.29, 1.82) is 0 Å². The number of amides is 2. The van der Waals surface area contributed by atoms with E-state index in [2.05, 4.69) is 25.5 Å². The number of hydrogen-bond acceptors (Lipinski definition) is 6. The third-order valence-electron chi connectivity index (χ3n) is 3.41. The lowest BCUT2D eigenvalue weighted by Crippen LogP contribution is -2.36. The monoisotopic (exact) mass is 331 g/mol. The zero-order valence-corrected chi connectivity index (χ0v) is 13.5. The fraction of sp³-hybridized carbons (Fsp3) is 0.333. The molecule has 0 fully saturated rings. The zero-order valence-electron chi connectivity index (χ0n) is 12.7. The lowest BCUT2D eigenvalue weighted by molar-refractivity contribution is -0.117. The molecule has 0 aliphatic carbocycles. The number of carbonyl (C=O) groups excluding carboxylic acids is 2. The van der Waals surface area contributed by atoms with Gasteiger partial charge in [0.15, 0.2) is 5.13 Å². The van der Waals surface area contributed by atoms with Crippen molar-refractivity contribution < 1.29 is 9.59 Å². The summed E-state index contributed by atoms with van der Waals surface area (Å²) in [5.41, 5.74) is 1.71. The molecule has 0 bridgehead atoms. The second-order valence-electron chi connectivity index (χ2n) is 5.32. The van der Waals surface area contributed by atoms with Crippen molar-refractivity contribution in [2.75, 3.05) is 23.7 Å². The van der Waals surface area contributed by atoms with Crippen molar-refractivity contribution in [2.45, 2.75) is 19.9 Å². The Balaban J connectivity index is 1.57. The van der Waals surface area contributed by atoms with Gasteiger partial charge in [-0.1, -0.05) is 0 Å². The zero-order chi connectivity index (χ0) is 16.2. The largest absolute Gasteiger partial charge is 0.324 e. The Morgan fingerprint density at radius 3 is 3.00 bits per heavy atom. The van der Waals surface area contributed by atoms with Crippen LogP contribution in [0, 0.1) is 0 Å².